The van der Waals surface area contributed by atoms with Crippen molar-refractivity contribution >= 4 is 34.7 Å². The van der Waals surface area contributed by atoms with Gasteiger partial charge >= 0.3 is 0 Å². The van der Waals surface area contributed by atoms with E-state index in [0.29, 0.717) is 28.7 Å². The highest BCUT2D eigenvalue weighted by molar-refractivity contribution is 8.19. The molecule has 0 atom stereocenters. The van der Waals surface area contributed by atoms with Crippen molar-refractivity contribution in [2.45, 2.75) is 46.0 Å². The molecule has 0 N–H and O–H groups in total. The van der Waals surface area contributed by atoms with Crippen LogP contribution in [0.4, 0.5) is 10.5 Å². The van der Waals surface area contributed by atoms with Crippen LogP contribution in [0, 0.1) is 0 Å². The van der Waals surface area contributed by atoms with Crippen LogP contribution in [0.25, 0.3) is 6.08 Å². The Hall–Kier alpha value is -2.73. The zero-order chi connectivity index (χ0) is 22.2. The van der Waals surface area contributed by atoms with E-state index in [2.05, 4.69) is 13.8 Å². The minimum atomic E-state index is -0.307. The van der Waals surface area contributed by atoms with E-state index >= 15 is 0 Å². The van der Waals surface area contributed by atoms with E-state index in [-0.39, 0.29) is 11.1 Å². The number of unbranched alkanes of at least 4 members (excludes halogenated alkanes) is 2. The Morgan fingerprint density at radius 1 is 0.968 bits per heavy atom. The normalized spacial score (nSPS) is 15.1. The minimum absolute atomic E-state index is 0.288. The Morgan fingerprint density at radius 3 is 2.39 bits per heavy atom. The molecule has 0 unspecified atom stereocenters. The molecule has 31 heavy (non-hydrogen) atoms. The van der Waals surface area contributed by atoms with Crippen molar-refractivity contribution in [2.75, 3.05) is 18.6 Å². The second-order valence-corrected chi connectivity index (χ2v) is 8.39. The van der Waals surface area contributed by atoms with E-state index < -0.39 is 0 Å². The number of carbonyl (C=O) groups excluding carboxylic acids is 2. The maximum Gasteiger partial charge on any atom is 0.298 e. The summed E-state index contributed by atoms with van der Waals surface area (Å²) in [7, 11) is 1.59. The molecule has 0 aliphatic carbocycles. The summed E-state index contributed by atoms with van der Waals surface area (Å²) in [6.45, 7) is 4.89. The Morgan fingerprint density at radius 2 is 1.71 bits per heavy atom. The molecule has 2 aromatic carbocycles. The van der Waals surface area contributed by atoms with Gasteiger partial charge in [-0.05, 0) is 72.5 Å². The van der Waals surface area contributed by atoms with Gasteiger partial charge in [-0.25, -0.2) is 4.90 Å². The largest absolute Gasteiger partial charge is 0.493 e. The Labute approximate surface area is 188 Å². The van der Waals surface area contributed by atoms with E-state index in [1.165, 1.54) is 10.5 Å². The smallest absolute Gasteiger partial charge is 0.298 e. The van der Waals surface area contributed by atoms with Gasteiger partial charge in [-0.1, -0.05) is 44.9 Å². The van der Waals surface area contributed by atoms with Crippen LogP contribution < -0.4 is 14.4 Å². The second kappa shape index (κ2) is 11.0. The monoisotopic (exact) mass is 439 g/mol. The first kappa shape index (κ1) is 22.9. The van der Waals surface area contributed by atoms with E-state index in [1.807, 2.05) is 42.5 Å². The van der Waals surface area contributed by atoms with Gasteiger partial charge in [-0.15, -0.1) is 0 Å². The quantitative estimate of drug-likeness (QED) is 0.314. The van der Waals surface area contributed by atoms with Crippen molar-refractivity contribution in [1.29, 1.82) is 0 Å². The fraction of sp³-hybridized carbons (Fsp3) is 0.360. The van der Waals surface area contributed by atoms with Crippen molar-refractivity contribution < 1.29 is 19.1 Å². The number of rotatable bonds is 10. The SMILES string of the molecule is CCCCOc1ccc(/C=C2\SC(=O)N(c3ccc(CCCC)cc3)C2=O)cc1OC. The molecule has 0 radical (unpaired) electrons. The minimum Gasteiger partial charge on any atom is -0.493 e. The summed E-state index contributed by atoms with van der Waals surface area (Å²) < 4.78 is 11.2. The third kappa shape index (κ3) is 5.70. The molecule has 164 valence electrons. The summed E-state index contributed by atoms with van der Waals surface area (Å²) in [6, 6.07) is 13.2. The average molecular weight is 440 g/mol. The van der Waals surface area contributed by atoms with Crippen molar-refractivity contribution in [3.8, 4) is 11.5 Å². The molecule has 0 aromatic heterocycles. The molecule has 1 fully saturated rings. The molecule has 1 aliphatic heterocycles. The van der Waals surface area contributed by atoms with Crippen molar-refractivity contribution in [1.82, 2.24) is 0 Å². The van der Waals surface area contributed by atoms with Gasteiger partial charge in [0.25, 0.3) is 11.1 Å². The second-order valence-electron chi connectivity index (χ2n) is 7.40. The number of thioether (sulfide) groups is 1. The molecule has 2 amide bonds. The zero-order valence-corrected chi connectivity index (χ0v) is 19.2. The average Bonchev–Trinajstić information content (AvgIpc) is 3.06. The number of methoxy groups -OCH3 is 1. The topological polar surface area (TPSA) is 55.8 Å². The van der Waals surface area contributed by atoms with Gasteiger partial charge in [0.2, 0.25) is 0 Å². The molecular weight excluding hydrogens is 410 g/mol. The third-order valence-corrected chi connectivity index (χ3v) is 5.92. The first-order valence-electron chi connectivity index (χ1n) is 10.7. The highest BCUT2D eigenvalue weighted by Crippen LogP contribution is 2.37. The number of ether oxygens (including phenoxy) is 2. The van der Waals surface area contributed by atoms with Crippen molar-refractivity contribution in [2.24, 2.45) is 0 Å². The highest BCUT2D eigenvalue weighted by Gasteiger charge is 2.36. The van der Waals surface area contributed by atoms with Crippen LogP contribution in [-0.2, 0) is 11.2 Å². The van der Waals surface area contributed by atoms with Gasteiger partial charge in [0.1, 0.15) is 0 Å². The number of aryl methyl sites for hydroxylation is 1. The fourth-order valence-electron chi connectivity index (χ4n) is 3.25. The van der Waals surface area contributed by atoms with E-state index in [1.54, 1.807) is 13.2 Å². The van der Waals surface area contributed by atoms with Gasteiger partial charge in [-0.3, -0.25) is 9.59 Å². The Kier molecular flexibility index (Phi) is 8.18. The van der Waals surface area contributed by atoms with Crippen LogP contribution in [0.1, 0.15) is 50.7 Å². The van der Waals surface area contributed by atoms with Crippen molar-refractivity contribution in [3.05, 3.63) is 58.5 Å². The summed E-state index contributed by atoms with van der Waals surface area (Å²) in [5.74, 6) is 0.967. The molecule has 0 saturated carbocycles. The number of nitrogens with zero attached hydrogens (tertiary/aromatic N) is 1. The lowest BCUT2D eigenvalue weighted by atomic mass is 10.1. The summed E-state index contributed by atoms with van der Waals surface area (Å²) in [5.41, 5.74) is 2.59. The summed E-state index contributed by atoms with van der Waals surface area (Å²) in [6.07, 6.45) is 6.99. The number of carbonyl (C=O) groups is 2. The van der Waals surface area contributed by atoms with Gasteiger partial charge in [0, 0.05) is 0 Å². The lowest BCUT2D eigenvalue weighted by Gasteiger charge is -2.13. The molecular formula is C25H29NO4S. The van der Waals surface area contributed by atoms with Crippen LogP contribution in [-0.4, -0.2) is 24.9 Å². The lowest BCUT2D eigenvalue weighted by molar-refractivity contribution is -0.113. The van der Waals surface area contributed by atoms with Gasteiger partial charge in [0.05, 0.1) is 24.3 Å². The molecule has 1 aliphatic rings. The van der Waals surface area contributed by atoms with E-state index in [0.717, 1.165) is 49.4 Å². The molecule has 3 rings (SSSR count). The maximum absolute atomic E-state index is 12.9. The predicted octanol–water partition coefficient (Wildman–Crippen LogP) is 6.46. The van der Waals surface area contributed by atoms with Crippen LogP contribution in [0.15, 0.2) is 47.4 Å². The van der Waals surface area contributed by atoms with Crippen LogP contribution in [0.2, 0.25) is 0 Å². The van der Waals surface area contributed by atoms with Crippen LogP contribution in [0.5, 0.6) is 11.5 Å². The molecule has 0 bridgehead atoms. The zero-order valence-electron chi connectivity index (χ0n) is 18.3. The Bertz CT molecular complexity index is 952. The van der Waals surface area contributed by atoms with Gasteiger partial charge in [-0.2, -0.15) is 0 Å². The Balaban J connectivity index is 1.76. The van der Waals surface area contributed by atoms with Gasteiger partial charge < -0.3 is 9.47 Å². The van der Waals surface area contributed by atoms with Crippen LogP contribution >= 0.6 is 11.8 Å². The van der Waals surface area contributed by atoms with Crippen molar-refractivity contribution in [3.63, 3.8) is 0 Å². The van der Waals surface area contributed by atoms with E-state index in [4.69, 9.17) is 9.47 Å². The molecule has 1 saturated heterocycles. The standard InChI is InChI=1S/C25H29NO4S/c1-4-6-8-18-9-12-20(13-10-18)26-24(27)23(31-25(26)28)17-19-11-14-21(22(16-19)29-3)30-15-7-5-2/h9-14,16-17H,4-8,15H2,1-3H3/b23-17-. The fourth-order valence-corrected chi connectivity index (χ4v) is 4.10. The third-order valence-electron chi connectivity index (χ3n) is 5.05. The maximum atomic E-state index is 12.9. The number of hydrogen-bond donors (Lipinski definition) is 0. The van der Waals surface area contributed by atoms with Gasteiger partial charge in [0.15, 0.2) is 11.5 Å². The summed E-state index contributed by atoms with van der Waals surface area (Å²) in [4.78, 5) is 27.1. The molecule has 0 spiro atoms. The molecule has 1 heterocycles. The number of amides is 2. The first-order valence-corrected chi connectivity index (χ1v) is 11.6. The number of hydrogen-bond acceptors (Lipinski definition) is 5. The predicted molar refractivity (Wildman–Crippen MR) is 127 cm³/mol. The summed E-state index contributed by atoms with van der Waals surface area (Å²) >= 11 is 0.951. The molecule has 6 heteroatoms. The summed E-state index contributed by atoms with van der Waals surface area (Å²) in [5, 5.41) is -0.288. The van der Waals surface area contributed by atoms with E-state index in [9.17, 15) is 9.59 Å². The number of anilines is 1. The number of imide groups is 1. The first-order chi connectivity index (χ1) is 15.1. The van der Waals surface area contributed by atoms with Crippen LogP contribution in [0.3, 0.4) is 0 Å². The highest BCUT2D eigenvalue weighted by atomic mass is 32.2. The lowest BCUT2D eigenvalue weighted by Crippen LogP contribution is -2.27. The molecule has 2 aromatic rings. The molecule has 5 nitrogen and oxygen atoms in total. The number of benzene rings is 2.